The number of aliphatic imine (C=N–C) groups is 2. The largest absolute Gasteiger partial charge is 0.437 e. The van der Waals surface area contributed by atoms with Crippen LogP contribution in [-0.2, 0) is 0 Å². The van der Waals surface area contributed by atoms with Crippen LogP contribution in [0.1, 0.15) is 25.1 Å². The van der Waals surface area contributed by atoms with Crippen molar-refractivity contribution >= 4 is 29.7 Å². The Hall–Kier alpha value is -4.84. The summed E-state index contributed by atoms with van der Waals surface area (Å²) in [5.74, 6) is 2.39. The van der Waals surface area contributed by atoms with E-state index in [0.717, 1.165) is 5.56 Å². The number of halogens is 1. The van der Waals surface area contributed by atoms with Crippen molar-refractivity contribution in [2.75, 3.05) is 5.73 Å². The molecule has 0 aliphatic rings. The molecule has 0 saturated carbocycles. The number of aromatic nitrogens is 3. The smallest absolute Gasteiger partial charge is 0.321 e. The van der Waals surface area contributed by atoms with Gasteiger partial charge in [-0.25, -0.2) is 29.3 Å². The molecule has 0 fully saturated rings. The van der Waals surface area contributed by atoms with Crippen molar-refractivity contribution in [2.45, 2.75) is 20.8 Å². The van der Waals surface area contributed by atoms with Gasteiger partial charge in [-0.05, 0) is 56.8 Å². The molecule has 0 aliphatic carbocycles. The minimum atomic E-state index is -0.648. The zero-order chi connectivity index (χ0) is 25.1. The number of hydrogen-bond donors (Lipinski definition) is 1. The van der Waals surface area contributed by atoms with E-state index in [2.05, 4.69) is 37.6 Å². The predicted molar refractivity (Wildman–Crippen MR) is 135 cm³/mol. The zero-order valence-electron chi connectivity index (χ0n) is 19.3. The van der Waals surface area contributed by atoms with Crippen molar-refractivity contribution in [1.82, 2.24) is 15.0 Å². The summed E-state index contributed by atoms with van der Waals surface area (Å²) < 4.78 is 26.8. The lowest BCUT2D eigenvalue weighted by Crippen LogP contribution is -2.06. The molecule has 3 heterocycles. The van der Waals surface area contributed by atoms with E-state index in [1.165, 1.54) is 18.5 Å². The molecular formula is C26H21FN6O2. The van der Waals surface area contributed by atoms with E-state index < -0.39 is 5.82 Å². The van der Waals surface area contributed by atoms with Crippen LogP contribution in [0.15, 0.2) is 63.0 Å². The number of hydrogen-bond acceptors (Lipinski definition) is 7. The first-order valence-electron chi connectivity index (χ1n) is 10.5. The first-order chi connectivity index (χ1) is 16.9. The first kappa shape index (κ1) is 23.3. The van der Waals surface area contributed by atoms with Crippen molar-refractivity contribution in [3.05, 3.63) is 65.6 Å². The molecule has 3 aromatic heterocycles. The fourth-order valence-electron chi connectivity index (χ4n) is 3.44. The number of rotatable bonds is 4. The fraction of sp³-hybridized carbons (Fsp3) is 0.115. The molecule has 4 rings (SSSR count). The Labute approximate surface area is 201 Å². The van der Waals surface area contributed by atoms with E-state index in [-0.39, 0.29) is 23.3 Å². The Kier molecular flexibility index (Phi) is 6.38. The van der Waals surface area contributed by atoms with Gasteiger partial charge in [-0.15, -0.1) is 6.42 Å². The summed E-state index contributed by atoms with van der Waals surface area (Å²) in [5.41, 5.74) is 10.0. The molecule has 35 heavy (non-hydrogen) atoms. The van der Waals surface area contributed by atoms with Crippen LogP contribution in [0.3, 0.4) is 0 Å². The first-order valence-corrected chi connectivity index (χ1v) is 10.5. The topological polar surface area (TPSA) is 112 Å². The van der Waals surface area contributed by atoms with Crippen LogP contribution in [0.5, 0.6) is 5.75 Å². The second-order valence-corrected chi connectivity index (χ2v) is 7.50. The van der Waals surface area contributed by atoms with Gasteiger partial charge in [0.15, 0.2) is 11.6 Å². The third-order valence-corrected chi connectivity index (χ3v) is 5.27. The average Bonchev–Trinajstić information content (AvgIpc) is 3.25. The summed E-state index contributed by atoms with van der Waals surface area (Å²) in [6, 6.07) is 6.12. The quantitative estimate of drug-likeness (QED) is 0.246. The second-order valence-electron chi connectivity index (χ2n) is 7.50. The molecule has 0 aliphatic heterocycles. The fourth-order valence-corrected chi connectivity index (χ4v) is 3.44. The number of aryl methyl sites for hydroxylation is 1. The molecule has 0 spiro atoms. The van der Waals surface area contributed by atoms with Gasteiger partial charge in [0, 0.05) is 23.0 Å². The van der Waals surface area contributed by atoms with E-state index in [1.807, 2.05) is 13.8 Å². The lowest BCUT2D eigenvalue weighted by atomic mass is 9.97. The molecule has 1 aromatic carbocycles. The van der Waals surface area contributed by atoms with Gasteiger partial charge in [-0.1, -0.05) is 18.1 Å². The standard InChI is InChI=1S/C26H21FN6O2/c1-6-15(4)33-26(29-5)34-20-9-8-16(11-19(20)27)21-22-24(28)31-13-32-25(22)35-23(21)18-12-30-17(7-2)10-14(18)3/h2,6,8-13H,5H2,1,3-4H3,(H2,28,31,32)/b15-6-,33-26?. The third kappa shape index (κ3) is 4.50. The zero-order valence-corrected chi connectivity index (χ0v) is 19.3. The van der Waals surface area contributed by atoms with Gasteiger partial charge in [0.2, 0.25) is 5.71 Å². The summed E-state index contributed by atoms with van der Waals surface area (Å²) in [4.78, 5) is 20.4. The molecule has 0 unspecified atom stereocenters. The molecule has 4 aromatic rings. The van der Waals surface area contributed by atoms with Crippen LogP contribution in [0.25, 0.3) is 33.6 Å². The highest BCUT2D eigenvalue weighted by Gasteiger charge is 2.24. The van der Waals surface area contributed by atoms with Gasteiger partial charge < -0.3 is 14.9 Å². The van der Waals surface area contributed by atoms with E-state index in [4.69, 9.17) is 21.3 Å². The highest BCUT2D eigenvalue weighted by Crippen LogP contribution is 2.43. The molecule has 0 saturated heterocycles. The molecule has 0 bridgehead atoms. The Balaban J connectivity index is 1.88. The van der Waals surface area contributed by atoms with Crippen LogP contribution in [-0.4, -0.2) is 27.7 Å². The Bertz CT molecular complexity index is 1560. The van der Waals surface area contributed by atoms with Crippen molar-refractivity contribution in [2.24, 2.45) is 9.98 Å². The van der Waals surface area contributed by atoms with Crippen molar-refractivity contribution < 1.29 is 13.5 Å². The predicted octanol–water partition coefficient (Wildman–Crippen LogP) is 5.32. The highest BCUT2D eigenvalue weighted by atomic mass is 19.1. The van der Waals surface area contributed by atoms with Crippen LogP contribution in [0, 0.1) is 25.1 Å². The van der Waals surface area contributed by atoms with E-state index in [9.17, 15) is 0 Å². The second kappa shape index (κ2) is 9.57. The van der Waals surface area contributed by atoms with Gasteiger partial charge in [-0.2, -0.15) is 0 Å². The minimum absolute atomic E-state index is 0.0707. The molecule has 0 atom stereocenters. The number of fused-ring (bicyclic) bond motifs is 1. The monoisotopic (exact) mass is 468 g/mol. The summed E-state index contributed by atoms with van der Waals surface area (Å²) in [7, 11) is 0. The number of terminal acetylenes is 1. The summed E-state index contributed by atoms with van der Waals surface area (Å²) in [6.45, 7) is 8.88. The molecule has 8 nitrogen and oxygen atoms in total. The van der Waals surface area contributed by atoms with E-state index in [1.54, 1.807) is 31.3 Å². The molecular weight excluding hydrogens is 447 g/mol. The van der Waals surface area contributed by atoms with Crippen LogP contribution < -0.4 is 10.5 Å². The van der Waals surface area contributed by atoms with Crippen LogP contribution in [0.2, 0.25) is 0 Å². The number of anilines is 1. The molecule has 174 valence electrons. The number of pyridine rings is 1. The minimum Gasteiger partial charge on any atom is -0.437 e. The van der Waals surface area contributed by atoms with Crippen LogP contribution in [0.4, 0.5) is 10.2 Å². The SMILES string of the molecule is C#Cc1cc(C)c(-c2oc3ncnc(N)c3c2-c2ccc(OC(N=C)=N/C(C)=C\C)c(F)c2)cn1. The number of nitrogens with zero attached hydrogens (tertiary/aromatic N) is 5. The van der Waals surface area contributed by atoms with Gasteiger partial charge in [0.05, 0.1) is 5.39 Å². The Morgan fingerprint density at radius 1 is 1.29 bits per heavy atom. The summed E-state index contributed by atoms with van der Waals surface area (Å²) in [5, 5.41) is 0.453. The highest BCUT2D eigenvalue weighted by molar-refractivity contribution is 6.05. The number of furan rings is 1. The molecule has 0 amide bonds. The average molecular weight is 468 g/mol. The van der Waals surface area contributed by atoms with Gasteiger partial charge in [-0.3, -0.25) is 0 Å². The number of nitrogen functional groups attached to an aromatic ring is 1. The lowest BCUT2D eigenvalue weighted by molar-refractivity contribution is 0.486. The maximum atomic E-state index is 15.2. The lowest BCUT2D eigenvalue weighted by Gasteiger charge is -2.10. The number of ether oxygens (including phenoxy) is 1. The van der Waals surface area contributed by atoms with Crippen molar-refractivity contribution in [3.8, 4) is 40.5 Å². The van der Waals surface area contributed by atoms with Gasteiger partial charge in [0.25, 0.3) is 0 Å². The van der Waals surface area contributed by atoms with Gasteiger partial charge in [0.1, 0.15) is 23.6 Å². The number of allylic oxidation sites excluding steroid dienone is 2. The van der Waals surface area contributed by atoms with E-state index in [0.29, 0.717) is 39.2 Å². The Morgan fingerprint density at radius 3 is 2.74 bits per heavy atom. The maximum Gasteiger partial charge on any atom is 0.321 e. The van der Waals surface area contributed by atoms with Gasteiger partial charge >= 0.3 is 6.02 Å². The van der Waals surface area contributed by atoms with Crippen LogP contribution >= 0.6 is 0 Å². The number of nitrogens with two attached hydrogens (primary N) is 1. The summed E-state index contributed by atoms with van der Waals surface area (Å²) in [6.07, 6.45) is 10.1. The van der Waals surface area contributed by atoms with E-state index >= 15 is 4.39 Å². The normalized spacial score (nSPS) is 12.0. The van der Waals surface area contributed by atoms with Crippen molar-refractivity contribution in [1.29, 1.82) is 0 Å². The maximum absolute atomic E-state index is 15.2. The molecule has 2 N–H and O–H groups in total. The molecule has 0 radical (unpaired) electrons. The molecule has 9 heteroatoms. The van der Waals surface area contributed by atoms with Crippen molar-refractivity contribution in [3.63, 3.8) is 0 Å². The summed E-state index contributed by atoms with van der Waals surface area (Å²) >= 11 is 0. The third-order valence-electron chi connectivity index (χ3n) is 5.27. The number of benzene rings is 1. The number of amidine groups is 1. The Morgan fingerprint density at radius 2 is 2.09 bits per heavy atom.